The molecule has 1 atom stereocenters. The van der Waals surface area contributed by atoms with Gasteiger partial charge in [-0.15, -0.1) is 0 Å². The molecule has 3 aromatic rings. The summed E-state index contributed by atoms with van der Waals surface area (Å²) >= 11 is 3.55. The number of anilines is 1. The summed E-state index contributed by atoms with van der Waals surface area (Å²) in [6.07, 6.45) is 0.905. The first-order valence-corrected chi connectivity index (χ1v) is 15.6. The van der Waals surface area contributed by atoms with Gasteiger partial charge in [-0.3, -0.25) is 0 Å². The van der Waals surface area contributed by atoms with Gasteiger partial charge in [-0.2, -0.15) is 4.31 Å². The minimum Gasteiger partial charge on any atom is -0.497 e. The van der Waals surface area contributed by atoms with E-state index in [2.05, 4.69) is 27.8 Å². The number of sulfonamides is 1. The van der Waals surface area contributed by atoms with Crippen LogP contribution < -0.4 is 14.4 Å². The van der Waals surface area contributed by atoms with Crippen LogP contribution in [0.25, 0.3) is 0 Å². The van der Waals surface area contributed by atoms with Crippen molar-refractivity contribution in [2.75, 3.05) is 38.9 Å². The lowest BCUT2D eigenvalue weighted by atomic mass is 10.0. The third-order valence-electron chi connectivity index (χ3n) is 7.49. The first-order chi connectivity index (χ1) is 19.1. The van der Waals surface area contributed by atoms with Crippen LogP contribution in [0.2, 0.25) is 0 Å². The SMILES string of the molecule is CC[C@H]1COCCN1c1cc(C(C)(C)S(=O)(=O)N(Cc2ccc(OC)cc2)Cc2ccc(OC)cc2)cc(Br)n1. The molecule has 1 aliphatic rings. The number of morpholine rings is 1. The van der Waals surface area contributed by atoms with Crippen molar-refractivity contribution in [3.63, 3.8) is 0 Å². The molecule has 0 saturated carbocycles. The van der Waals surface area contributed by atoms with Crippen LogP contribution in [0.3, 0.4) is 0 Å². The zero-order chi connectivity index (χ0) is 28.9. The molecule has 0 amide bonds. The van der Waals surface area contributed by atoms with Crippen molar-refractivity contribution in [3.05, 3.63) is 82.0 Å². The highest BCUT2D eigenvalue weighted by Crippen LogP contribution is 2.37. The van der Waals surface area contributed by atoms with Gasteiger partial charge in [0, 0.05) is 19.6 Å². The van der Waals surface area contributed by atoms with E-state index in [1.807, 2.05) is 54.6 Å². The Morgan fingerprint density at radius 2 is 1.55 bits per heavy atom. The first-order valence-electron chi connectivity index (χ1n) is 13.4. The normalized spacial score (nSPS) is 16.3. The van der Waals surface area contributed by atoms with Crippen molar-refractivity contribution in [3.8, 4) is 11.5 Å². The van der Waals surface area contributed by atoms with Crippen LogP contribution in [0.1, 0.15) is 43.9 Å². The number of nitrogens with zero attached hydrogens (tertiary/aromatic N) is 3. The van der Waals surface area contributed by atoms with E-state index < -0.39 is 14.8 Å². The molecule has 10 heteroatoms. The Hall–Kier alpha value is -2.66. The van der Waals surface area contributed by atoms with E-state index in [9.17, 15) is 8.42 Å². The van der Waals surface area contributed by atoms with Crippen LogP contribution in [0.4, 0.5) is 5.82 Å². The lowest BCUT2D eigenvalue weighted by Crippen LogP contribution is -2.46. The second kappa shape index (κ2) is 12.9. The van der Waals surface area contributed by atoms with Gasteiger partial charge in [-0.05, 0) is 89.3 Å². The molecule has 1 aromatic heterocycles. The maximum Gasteiger partial charge on any atom is 0.224 e. The van der Waals surface area contributed by atoms with Gasteiger partial charge in [0.25, 0.3) is 0 Å². The van der Waals surface area contributed by atoms with E-state index >= 15 is 0 Å². The van der Waals surface area contributed by atoms with Gasteiger partial charge in [0.05, 0.1) is 33.5 Å². The summed E-state index contributed by atoms with van der Waals surface area (Å²) in [4.78, 5) is 6.93. The van der Waals surface area contributed by atoms with Crippen molar-refractivity contribution in [2.45, 2.75) is 51.1 Å². The van der Waals surface area contributed by atoms with Gasteiger partial charge in [0.2, 0.25) is 10.0 Å². The smallest absolute Gasteiger partial charge is 0.224 e. The average Bonchev–Trinajstić information content (AvgIpc) is 2.97. The number of halogens is 1. The molecular formula is C30H38BrN3O5S. The fraction of sp³-hybridized carbons (Fsp3) is 0.433. The molecule has 1 aliphatic heterocycles. The Bertz CT molecular complexity index is 1330. The van der Waals surface area contributed by atoms with Crippen molar-refractivity contribution in [2.24, 2.45) is 0 Å². The summed E-state index contributed by atoms with van der Waals surface area (Å²) in [5, 5.41) is 0. The van der Waals surface area contributed by atoms with E-state index in [1.54, 1.807) is 38.4 Å². The number of rotatable bonds is 11. The number of benzene rings is 2. The van der Waals surface area contributed by atoms with Crippen LogP contribution >= 0.6 is 15.9 Å². The first kappa shape index (κ1) is 30.3. The Morgan fingerprint density at radius 3 is 2.05 bits per heavy atom. The van der Waals surface area contributed by atoms with Crippen LogP contribution in [0.5, 0.6) is 11.5 Å². The molecule has 0 N–H and O–H groups in total. The van der Waals surface area contributed by atoms with Crippen molar-refractivity contribution in [1.82, 2.24) is 9.29 Å². The van der Waals surface area contributed by atoms with Crippen molar-refractivity contribution in [1.29, 1.82) is 0 Å². The molecule has 0 unspecified atom stereocenters. The topological polar surface area (TPSA) is 81.2 Å². The summed E-state index contributed by atoms with van der Waals surface area (Å²) in [6.45, 7) is 8.01. The third-order valence-corrected chi connectivity index (χ3v) is 10.4. The van der Waals surface area contributed by atoms with E-state index in [1.165, 1.54) is 0 Å². The summed E-state index contributed by atoms with van der Waals surface area (Å²) in [5.41, 5.74) is 2.40. The average molecular weight is 633 g/mol. The Kier molecular flexibility index (Phi) is 9.76. The molecule has 0 radical (unpaired) electrons. The zero-order valence-corrected chi connectivity index (χ0v) is 26.2. The van der Waals surface area contributed by atoms with Gasteiger partial charge in [-0.25, -0.2) is 13.4 Å². The molecule has 2 heterocycles. The molecule has 1 fully saturated rings. The minimum absolute atomic E-state index is 0.185. The van der Waals surface area contributed by atoms with Gasteiger partial charge in [0.15, 0.2) is 0 Å². The summed E-state index contributed by atoms with van der Waals surface area (Å²) in [5.74, 6) is 2.19. The summed E-state index contributed by atoms with van der Waals surface area (Å²) in [6, 6.07) is 18.9. The molecule has 4 rings (SSSR count). The lowest BCUT2D eigenvalue weighted by molar-refractivity contribution is 0.0925. The number of ether oxygens (including phenoxy) is 3. The number of methoxy groups -OCH3 is 2. The molecule has 0 aliphatic carbocycles. The van der Waals surface area contributed by atoms with Crippen LogP contribution in [-0.2, 0) is 32.6 Å². The lowest BCUT2D eigenvalue weighted by Gasteiger charge is -2.37. The molecule has 0 bridgehead atoms. The van der Waals surface area contributed by atoms with Gasteiger partial charge >= 0.3 is 0 Å². The molecule has 8 nitrogen and oxygen atoms in total. The van der Waals surface area contributed by atoms with Gasteiger partial charge in [0.1, 0.15) is 26.7 Å². The molecule has 40 heavy (non-hydrogen) atoms. The number of aromatic nitrogens is 1. The summed E-state index contributed by atoms with van der Waals surface area (Å²) < 4.78 is 46.2. The summed E-state index contributed by atoms with van der Waals surface area (Å²) in [7, 11) is -0.666. The highest BCUT2D eigenvalue weighted by Gasteiger charge is 2.42. The van der Waals surface area contributed by atoms with E-state index in [-0.39, 0.29) is 19.1 Å². The fourth-order valence-corrected chi connectivity index (χ4v) is 6.97. The molecule has 0 spiro atoms. The Labute approximate surface area is 246 Å². The van der Waals surface area contributed by atoms with Gasteiger partial charge < -0.3 is 19.1 Å². The molecule has 2 aromatic carbocycles. The predicted octanol–water partition coefficient (Wildman–Crippen LogP) is 5.74. The van der Waals surface area contributed by atoms with Crippen LogP contribution in [0.15, 0.2) is 65.3 Å². The van der Waals surface area contributed by atoms with Gasteiger partial charge in [-0.1, -0.05) is 31.2 Å². The monoisotopic (exact) mass is 631 g/mol. The van der Waals surface area contributed by atoms with Crippen molar-refractivity contribution < 1.29 is 22.6 Å². The molecule has 216 valence electrons. The van der Waals surface area contributed by atoms with Crippen molar-refractivity contribution >= 4 is 31.8 Å². The second-order valence-electron chi connectivity index (χ2n) is 10.3. The fourth-order valence-electron chi connectivity index (χ4n) is 4.84. The third kappa shape index (κ3) is 6.62. The Morgan fingerprint density at radius 1 is 1.00 bits per heavy atom. The Balaban J connectivity index is 1.72. The largest absolute Gasteiger partial charge is 0.497 e. The number of hydrogen-bond acceptors (Lipinski definition) is 7. The minimum atomic E-state index is -3.89. The maximum atomic E-state index is 14.5. The van der Waals surface area contributed by atoms with E-state index in [4.69, 9.17) is 19.2 Å². The van der Waals surface area contributed by atoms with Crippen LogP contribution in [-0.4, -0.2) is 57.7 Å². The standard InChI is InChI=1S/C30H38BrN3O5S/c1-6-25-21-39-16-15-34(25)29-18-24(17-28(31)32-29)30(2,3)40(35,36)33(19-22-7-11-26(37-4)12-8-22)20-23-9-13-27(38-5)14-10-23/h7-14,17-18,25H,6,15-16,19-21H2,1-5H3/t25-/m0/s1. The number of hydrogen-bond donors (Lipinski definition) is 0. The van der Waals surface area contributed by atoms with E-state index in [0.29, 0.717) is 29.9 Å². The maximum absolute atomic E-state index is 14.5. The predicted molar refractivity (Wildman–Crippen MR) is 161 cm³/mol. The van der Waals surface area contributed by atoms with E-state index in [0.717, 1.165) is 34.9 Å². The highest BCUT2D eigenvalue weighted by atomic mass is 79.9. The highest BCUT2D eigenvalue weighted by molar-refractivity contribution is 9.10. The second-order valence-corrected chi connectivity index (χ2v) is 13.6. The number of pyridine rings is 1. The zero-order valence-electron chi connectivity index (χ0n) is 23.8. The quantitative estimate of drug-likeness (QED) is 0.249. The van der Waals surface area contributed by atoms with Crippen LogP contribution in [0, 0.1) is 0 Å². The molecular weight excluding hydrogens is 594 g/mol. The molecule has 1 saturated heterocycles.